The Kier molecular flexibility index (Phi) is 4.10. The van der Waals surface area contributed by atoms with Gasteiger partial charge in [0, 0.05) is 11.8 Å². The van der Waals surface area contributed by atoms with Crippen molar-refractivity contribution >= 4 is 27.8 Å². The summed E-state index contributed by atoms with van der Waals surface area (Å²) >= 11 is 0. The number of guanidine groups is 1. The van der Waals surface area contributed by atoms with E-state index in [1.807, 2.05) is 0 Å². The average Bonchev–Trinajstić information content (AvgIpc) is 2.25. The van der Waals surface area contributed by atoms with Gasteiger partial charge in [-0.1, -0.05) is 12.7 Å². The standard InChI is InChI=1S/C12H15N3O3S/c1-4-8-5-7(2)9(11(16)15-12(13)14)6-10(8)19(3,17)18/h4-6H,1H2,2-3H3,(H4,13,14,15,16). The van der Waals surface area contributed by atoms with E-state index in [0.717, 1.165) is 6.26 Å². The van der Waals surface area contributed by atoms with Crippen LogP contribution >= 0.6 is 0 Å². The molecule has 0 aliphatic rings. The van der Waals surface area contributed by atoms with Gasteiger partial charge in [0.15, 0.2) is 15.8 Å². The van der Waals surface area contributed by atoms with Gasteiger partial charge < -0.3 is 11.5 Å². The van der Waals surface area contributed by atoms with Crippen LogP contribution in [0.25, 0.3) is 6.08 Å². The quantitative estimate of drug-likeness (QED) is 0.616. The highest BCUT2D eigenvalue weighted by Crippen LogP contribution is 2.22. The number of carbonyl (C=O) groups excluding carboxylic acids is 1. The first-order valence-electron chi connectivity index (χ1n) is 5.28. The predicted octanol–water partition coefficient (Wildman–Crippen LogP) is 0.455. The molecule has 0 aliphatic heterocycles. The topological polar surface area (TPSA) is 116 Å². The Bertz CT molecular complexity index is 672. The van der Waals surface area contributed by atoms with Crippen molar-refractivity contribution in [3.8, 4) is 0 Å². The van der Waals surface area contributed by atoms with Gasteiger partial charge in [-0.15, -0.1) is 0 Å². The lowest BCUT2D eigenvalue weighted by Gasteiger charge is -2.09. The van der Waals surface area contributed by atoms with Crippen LogP contribution in [0.5, 0.6) is 0 Å². The van der Waals surface area contributed by atoms with Gasteiger partial charge in [0.25, 0.3) is 5.91 Å². The van der Waals surface area contributed by atoms with Gasteiger partial charge in [-0.05, 0) is 30.2 Å². The van der Waals surface area contributed by atoms with E-state index in [4.69, 9.17) is 11.5 Å². The highest BCUT2D eigenvalue weighted by molar-refractivity contribution is 7.90. The van der Waals surface area contributed by atoms with Crippen molar-refractivity contribution in [2.45, 2.75) is 11.8 Å². The van der Waals surface area contributed by atoms with Gasteiger partial charge in [-0.3, -0.25) is 4.79 Å². The zero-order chi connectivity index (χ0) is 14.8. The number of hydrogen-bond donors (Lipinski definition) is 2. The number of aliphatic imine (C=N–C) groups is 1. The molecular weight excluding hydrogens is 266 g/mol. The summed E-state index contributed by atoms with van der Waals surface area (Å²) in [6, 6.07) is 2.81. The maximum absolute atomic E-state index is 11.8. The molecule has 0 unspecified atom stereocenters. The van der Waals surface area contributed by atoms with Crippen LogP contribution in [-0.4, -0.2) is 26.5 Å². The van der Waals surface area contributed by atoms with E-state index in [9.17, 15) is 13.2 Å². The van der Waals surface area contributed by atoms with Crippen molar-refractivity contribution in [3.05, 3.63) is 35.4 Å². The summed E-state index contributed by atoms with van der Waals surface area (Å²) in [5.74, 6) is -1.06. The van der Waals surface area contributed by atoms with Gasteiger partial charge in [0.2, 0.25) is 0 Å². The molecular formula is C12H15N3O3S. The minimum atomic E-state index is -3.48. The van der Waals surface area contributed by atoms with Crippen molar-refractivity contribution in [2.75, 3.05) is 6.26 Å². The molecule has 7 heteroatoms. The predicted molar refractivity (Wildman–Crippen MR) is 74.5 cm³/mol. The molecule has 0 aliphatic carbocycles. The van der Waals surface area contributed by atoms with Gasteiger partial charge in [-0.2, -0.15) is 4.99 Å². The summed E-state index contributed by atoms with van der Waals surface area (Å²) in [5, 5.41) is 0. The molecule has 1 aromatic rings. The number of aryl methyl sites for hydroxylation is 1. The van der Waals surface area contributed by atoms with Crippen molar-refractivity contribution < 1.29 is 13.2 Å². The first-order valence-corrected chi connectivity index (χ1v) is 7.17. The number of hydrogen-bond acceptors (Lipinski definition) is 3. The number of sulfone groups is 1. The van der Waals surface area contributed by atoms with Gasteiger partial charge in [0.1, 0.15) is 0 Å². The zero-order valence-corrected chi connectivity index (χ0v) is 11.5. The normalized spacial score (nSPS) is 10.8. The molecule has 4 N–H and O–H groups in total. The molecule has 0 bridgehead atoms. The lowest BCUT2D eigenvalue weighted by molar-refractivity contribution is 0.100. The largest absolute Gasteiger partial charge is 0.370 e. The van der Waals surface area contributed by atoms with Crippen molar-refractivity contribution in [1.82, 2.24) is 0 Å². The van der Waals surface area contributed by atoms with E-state index in [2.05, 4.69) is 11.6 Å². The Morgan fingerprint density at radius 3 is 2.37 bits per heavy atom. The Morgan fingerprint density at radius 2 is 1.95 bits per heavy atom. The molecule has 1 amide bonds. The molecule has 0 spiro atoms. The fourth-order valence-corrected chi connectivity index (χ4v) is 2.50. The lowest BCUT2D eigenvalue weighted by atomic mass is 10.0. The van der Waals surface area contributed by atoms with Crippen LogP contribution in [0.2, 0.25) is 0 Å². The third-order valence-corrected chi connectivity index (χ3v) is 3.59. The highest BCUT2D eigenvalue weighted by Gasteiger charge is 2.17. The van der Waals surface area contributed by atoms with Crippen LogP contribution in [0.1, 0.15) is 21.5 Å². The van der Waals surface area contributed by atoms with Crippen molar-refractivity contribution in [3.63, 3.8) is 0 Å². The molecule has 0 saturated heterocycles. The molecule has 0 radical (unpaired) electrons. The summed E-state index contributed by atoms with van der Waals surface area (Å²) in [6.45, 7) is 5.21. The average molecular weight is 281 g/mol. The lowest BCUT2D eigenvalue weighted by Crippen LogP contribution is -2.24. The van der Waals surface area contributed by atoms with Crippen LogP contribution in [0.3, 0.4) is 0 Å². The molecule has 0 saturated carbocycles. The van der Waals surface area contributed by atoms with Gasteiger partial charge in [-0.25, -0.2) is 8.42 Å². The van der Waals surface area contributed by atoms with Crippen molar-refractivity contribution in [1.29, 1.82) is 0 Å². The smallest absolute Gasteiger partial charge is 0.280 e. The fourth-order valence-electron chi connectivity index (χ4n) is 1.60. The Hall–Kier alpha value is -2.15. The summed E-state index contributed by atoms with van der Waals surface area (Å²) in [4.78, 5) is 15.2. The minimum absolute atomic E-state index is 0.0160. The first kappa shape index (κ1) is 14.9. The third kappa shape index (κ3) is 3.41. The van der Waals surface area contributed by atoms with E-state index in [0.29, 0.717) is 11.1 Å². The number of nitrogens with two attached hydrogens (primary N) is 2. The fraction of sp³-hybridized carbons (Fsp3) is 0.167. The summed E-state index contributed by atoms with van der Waals surface area (Å²) in [6.07, 6.45) is 2.47. The molecule has 0 aromatic heterocycles. The zero-order valence-electron chi connectivity index (χ0n) is 10.7. The van der Waals surface area contributed by atoms with Crippen LogP contribution in [0.4, 0.5) is 0 Å². The maximum atomic E-state index is 11.8. The second-order valence-electron chi connectivity index (χ2n) is 4.02. The third-order valence-electron chi connectivity index (χ3n) is 2.44. The summed E-state index contributed by atoms with van der Waals surface area (Å²) in [5.41, 5.74) is 11.4. The number of carbonyl (C=O) groups is 1. The Balaban J connectivity index is 3.57. The first-order chi connectivity index (χ1) is 8.66. The molecule has 102 valence electrons. The molecule has 19 heavy (non-hydrogen) atoms. The number of benzene rings is 1. The van der Waals surface area contributed by atoms with Crippen LogP contribution in [0, 0.1) is 6.92 Å². The number of rotatable bonds is 3. The second kappa shape index (κ2) is 5.23. The molecule has 1 aromatic carbocycles. The number of amides is 1. The Labute approximate surface area is 111 Å². The van der Waals surface area contributed by atoms with Crippen LogP contribution in [0.15, 0.2) is 28.6 Å². The van der Waals surface area contributed by atoms with Crippen molar-refractivity contribution in [2.24, 2.45) is 16.5 Å². The van der Waals surface area contributed by atoms with E-state index in [1.54, 1.807) is 13.0 Å². The SMILES string of the molecule is C=Cc1cc(C)c(C(=O)N=C(N)N)cc1S(C)(=O)=O. The highest BCUT2D eigenvalue weighted by atomic mass is 32.2. The molecule has 0 fully saturated rings. The van der Waals surface area contributed by atoms with E-state index in [1.165, 1.54) is 12.1 Å². The second-order valence-corrected chi connectivity index (χ2v) is 6.01. The Morgan fingerprint density at radius 1 is 1.37 bits per heavy atom. The molecule has 6 nitrogen and oxygen atoms in total. The molecule has 0 atom stereocenters. The van der Waals surface area contributed by atoms with E-state index in [-0.39, 0.29) is 16.4 Å². The molecule has 1 rings (SSSR count). The van der Waals surface area contributed by atoms with E-state index >= 15 is 0 Å². The van der Waals surface area contributed by atoms with Crippen LogP contribution < -0.4 is 11.5 Å². The summed E-state index contributed by atoms with van der Waals surface area (Å²) < 4.78 is 23.4. The summed E-state index contributed by atoms with van der Waals surface area (Å²) in [7, 11) is -3.48. The minimum Gasteiger partial charge on any atom is -0.370 e. The molecule has 0 heterocycles. The monoisotopic (exact) mass is 281 g/mol. The maximum Gasteiger partial charge on any atom is 0.280 e. The number of nitrogens with zero attached hydrogens (tertiary/aromatic N) is 1. The van der Waals surface area contributed by atoms with Gasteiger partial charge >= 0.3 is 0 Å². The van der Waals surface area contributed by atoms with Gasteiger partial charge in [0.05, 0.1) is 4.90 Å². The van der Waals surface area contributed by atoms with Crippen LogP contribution in [-0.2, 0) is 9.84 Å². The van der Waals surface area contributed by atoms with E-state index < -0.39 is 15.7 Å².